The number of hydrogen-bond donors (Lipinski definition) is 1. The second-order valence-corrected chi connectivity index (χ2v) is 5.56. The second kappa shape index (κ2) is 3.47. The fourth-order valence-electron chi connectivity index (χ4n) is 0.769. The summed E-state index contributed by atoms with van der Waals surface area (Å²) in [7, 11) is -0.803. The molecular formula is C6H4ClFIO2S+. The van der Waals surface area contributed by atoms with Gasteiger partial charge < -0.3 is 5.11 Å². The van der Waals surface area contributed by atoms with Crippen LogP contribution in [0.15, 0.2) is 0 Å². The molecule has 1 rings (SSSR count). The van der Waals surface area contributed by atoms with Gasteiger partial charge in [-0.2, -0.15) is 4.39 Å². The van der Waals surface area contributed by atoms with Gasteiger partial charge >= 0.3 is 5.97 Å². The molecule has 12 heavy (non-hydrogen) atoms. The molecule has 0 saturated carbocycles. The van der Waals surface area contributed by atoms with Crippen molar-refractivity contribution >= 4 is 50.6 Å². The van der Waals surface area contributed by atoms with Gasteiger partial charge in [0, 0.05) is 10.5 Å². The van der Waals surface area contributed by atoms with Crippen LogP contribution in [0.2, 0.25) is 4.34 Å². The van der Waals surface area contributed by atoms with Crippen molar-refractivity contribution in [3.8, 4) is 0 Å². The molecule has 0 aromatic carbocycles. The van der Waals surface area contributed by atoms with Gasteiger partial charge in [-0.1, -0.05) is 0 Å². The van der Waals surface area contributed by atoms with E-state index in [1.54, 1.807) is 28.8 Å². The van der Waals surface area contributed by atoms with E-state index < -0.39 is 22.3 Å². The molecule has 1 aromatic heterocycles. The van der Waals surface area contributed by atoms with Crippen LogP contribution in [0.5, 0.6) is 0 Å². The Bertz CT molecular complexity index is 324. The average molecular weight is 322 g/mol. The highest BCUT2D eigenvalue weighted by atomic mass is 127. The summed E-state index contributed by atoms with van der Waals surface area (Å²) in [5, 5.41) is 8.61. The molecule has 1 aromatic rings. The van der Waals surface area contributed by atoms with Crippen LogP contribution in [0.4, 0.5) is 4.39 Å². The third-order valence-corrected chi connectivity index (χ3v) is 5.62. The molecule has 0 saturated heterocycles. The Morgan fingerprint density at radius 2 is 2.25 bits per heavy atom. The monoisotopic (exact) mass is 321 g/mol. The molecule has 1 unspecified atom stereocenters. The normalized spacial score (nSPS) is 11.8. The van der Waals surface area contributed by atoms with Gasteiger partial charge in [-0.3, -0.25) is 0 Å². The first kappa shape index (κ1) is 10.2. The van der Waals surface area contributed by atoms with Crippen LogP contribution in [0.25, 0.3) is 0 Å². The molecule has 0 aliphatic heterocycles. The molecule has 0 fully saturated rings. The minimum absolute atomic E-state index is 0.218. The van der Waals surface area contributed by atoms with Gasteiger partial charge in [0.05, 0.1) is 0 Å². The van der Waals surface area contributed by atoms with Crippen molar-refractivity contribution in [2.24, 2.45) is 6.26 Å². The van der Waals surface area contributed by atoms with E-state index in [-0.39, 0.29) is 8.45 Å². The predicted octanol–water partition coefficient (Wildman–Crippen LogP) is 3.07. The van der Waals surface area contributed by atoms with Crippen molar-refractivity contribution in [2.45, 2.75) is 0 Å². The van der Waals surface area contributed by atoms with E-state index in [0.29, 0.717) is 4.34 Å². The summed E-state index contributed by atoms with van der Waals surface area (Å²) >= 11 is 7.39. The molecule has 1 N–H and O–H groups in total. The lowest BCUT2D eigenvalue weighted by Crippen LogP contribution is -1.96. The highest BCUT2D eigenvalue weighted by Crippen LogP contribution is 2.39. The van der Waals surface area contributed by atoms with E-state index in [4.69, 9.17) is 16.7 Å². The molecule has 1 heterocycles. The van der Waals surface area contributed by atoms with Crippen LogP contribution in [0, 0.1) is 9.39 Å². The Hall–Kier alpha value is 0.120. The number of carboxylic acids is 1. The topological polar surface area (TPSA) is 37.3 Å². The maximum absolute atomic E-state index is 13.1. The van der Waals surface area contributed by atoms with Crippen molar-refractivity contribution in [3.63, 3.8) is 0 Å². The number of aromatic carboxylic acids is 1. The fraction of sp³-hybridized carbons (Fsp3) is 0.167. The molecule has 0 radical (unpaired) electrons. The van der Waals surface area contributed by atoms with Gasteiger partial charge in [-0.15, -0.1) is 0 Å². The maximum atomic E-state index is 13.1. The number of carbonyl (C=O) groups is 1. The molecule has 66 valence electrons. The minimum Gasteiger partial charge on any atom is -0.474 e. The maximum Gasteiger partial charge on any atom is 0.392 e. The SMILES string of the molecule is C[s+]1c(Cl)c(I)c(F)c1C(=O)O. The molecule has 0 aliphatic rings. The Morgan fingerprint density at radius 3 is 2.42 bits per heavy atom. The molecule has 0 aliphatic carbocycles. The van der Waals surface area contributed by atoms with Crippen molar-refractivity contribution < 1.29 is 14.3 Å². The highest BCUT2D eigenvalue weighted by Gasteiger charge is 2.33. The Labute approximate surface area is 89.5 Å². The lowest BCUT2D eigenvalue weighted by molar-refractivity contribution is 0.0697. The number of hydrogen-bond acceptors (Lipinski definition) is 1. The van der Waals surface area contributed by atoms with Gasteiger partial charge in [0.15, 0.2) is 0 Å². The summed E-state index contributed by atoms with van der Waals surface area (Å²) in [4.78, 5) is 10.3. The third-order valence-electron chi connectivity index (χ3n) is 1.33. The molecule has 6 heteroatoms. The van der Waals surface area contributed by atoms with Crippen LogP contribution in [-0.2, 0) is 6.26 Å². The Morgan fingerprint density at radius 1 is 1.75 bits per heavy atom. The Balaban J connectivity index is 3.48. The highest BCUT2D eigenvalue weighted by molar-refractivity contribution is 14.1. The second-order valence-electron chi connectivity index (χ2n) is 2.05. The Kier molecular flexibility index (Phi) is 2.95. The first-order valence-electron chi connectivity index (χ1n) is 2.81. The summed E-state index contributed by atoms with van der Waals surface area (Å²) in [6.45, 7) is 0. The van der Waals surface area contributed by atoms with E-state index >= 15 is 0 Å². The summed E-state index contributed by atoms with van der Waals surface area (Å²) < 4.78 is 13.6. The fourth-order valence-corrected chi connectivity index (χ4v) is 3.70. The van der Waals surface area contributed by atoms with Gasteiger partial charge in [0.2, 0.25) is 5.82 Å². The van der Waals surface area contributed by atoms with E-state index in [1.807, 2.05) is 0 Å². The smallest absolute Gasteiger partial charge is 0.392 e. The zero-order chi connectivity index (χ0) is 9.46. The molecular weight excluding hydrogens is 317 g/mol. The third kappa shape index (κ3) is 1.45. The van der Waals surface area contributed by atoms with Gasteiger partial charge in [0.1, 0.15) is 9.83 Å². The summed E-state index contributed by atoms with van der Waals surface area (Å²) in [5.74, 6) is -1.93. The molecule has 0 spiro atoms. The van der Waals surface area contributed by atoms with E-state index in [2.05, 4.69) is 0 Å². The number of thiophene rings is 1. The molecule has 1 atom stereocenters. The number of carboxylic acid groups (broad SMARTS) is 1. The molecule has 0 amide bonds. The summed E-state index contributed by atoms with van der Waals surface area (Å²) in [6.07, 6.45) is 1.59. The van der Waals surface area contributed by atoms with Crippen molar-refractivity contribution in [2.75, 3.05) is 0 Å². The first-order chi connectivity index (χ1) is 5.46. The van der Waals surface area contributed by atoms with Gasteiger partial charge in [-0.25, -0.2) is 4.79 Å². The molecule has 2 nitrogen and oxygen atoms in total. The van der Waals surface area contributed by atoms with E-state index in [9.17, 15) is 9.18 Å². The first-order valence-corrected chi connectivity index (χ1v) is 5.90. The quantitative estimate of drug-likeness (QED) is 0.637. The van der Waals surface area contributed by atoms with Crippen LogP contribution in [0.1, 0.15) is 9.67 Å². The number of halogens is 3. The largest absolute Gasteiger partial charge is 0.474 e. The van der Waals surface area contributed by atoms with Crippen molar-refractivity contribution in [1.29, 1.82) is 0 Å². The lowest BCUT2D eigenvalue weighted by atomic mass is 10.4. The van der Waals surface area contributed by atoms with Gasteiger partial charge in [-0.05, 0) is 34.2 Å². The van der Waals surface area contributed by atoms with Crippen LogP contribution >= 0.6 is 44.7 Å². The zero-order valence-corrected chi connectivity index (χ0v) is 9.63. The number of rotatable bonds is 1. The summed E-state index contributed by atoms with van der Waals surface area (Å²) in [5.41, 5.74) is 0. The lowest BCUT2D eigenvalue weighted by Gasteiger charge is -1.82. The summed E-state index contributed by atoms with van der Waals surface area (Å²) in [6, 6.07) is 0. The van der Waals surface area contributed by atoms with E-state index in [0.717, 1.165) is 0 Å². The standard InChI is InChI=1S/C6H3ClFIO2S/c1-12-4(6(10)11)2(8)3(9)5(12)7/h1H3/p+1. The van der Waals surface area contributed by atoms with Crippen LogP contribution in [-0.4, -0.2) is 11.1 Å². The van der Waals surface area contributed by atoms with Crippen molar-refractivity contribution in [1.82, 2.24) is 0 Å². The van der Waals surface area contributed by atoms with E-state index in [1.165, 1.54) is 0 Å². The van der Waals surface area contributed by atoms with Crippen molar-refractivity contribution in [3.05, 3.63) is 18.6 Å². The predicted molar refractivity (Wildman–Crippen MR) is 54.5 cm³/mol. The van der Waals surface area contributed by atoms with Crippen LogP contribution < -0.4 is 0 Å². The van der Waals surface area contributed by atoms with Crippen LogP contribution in [0.3, 0.4) is 0 Å². The zero-order valence-electron chi connectivity index (χ0n) is 5.90. The van der Waals surface area contributed by atoms with Gasteiger partial charge in [0.25, 0.3) is 9.21 Å². The molecule has 0 bridgehead atoms. The average Bonchev–Trinajstić information content (AvgIpc) is 2.16. The minimum atomic E-state index is -1.23.